The fourth-order valence-corrected chi connectivity index (χ4v) is 2.60. The van der Waals surface area contributed by atoms with Crippen LogP contribution in [0.1, 0.15) is 25.8 Å². The molecule has 0 saturated heterocycles. The van der Waals surface area contributed by atoms with Crippen molar-refractivity contribution in [3.8, 4) is 5.75 Å². The monoisotopic (exact) mass is 297 g/mol. The number of aliphatic hydroxyl groups is 1. The van der Waals surface area contributed by atoms with Crippen LogP contribution in [0.15, 0.2) is 18.2 Å². The highest BCUT2D eigenvalue weighted by Gasteiger charge is 2.30. The number of amides is 1. The minimum Gasteiger partial charge on any atom is -0.480 e. The number of halogens is 1. The highest BCUT2D eigenvalue weighted by atomic mass is 35.5. The lowest BCUT2D eigenvalue weighted by Gasteiger charge is -2.20. The highest BCUT2D eigenvalue weighted by molar-refractivity contribution is 6.30. The summed E-state index contributed by atoms with van der Waals surface area (Å²) in [6.07, 6.45) is 0.722. The van der Waals surface area contributed by atoms with Crippen LogP contribution in [0.5, 0.6) is 5.75 Å². The van der Waals surface area contributed by atoms with Gasteiger partial charge >= 0.3 is 0 Å². The first-order chi connectivity index (χ1) is 9.49. The Kier molecular flexibility index (Phi) is 4.89. The van der Waals surface area contributed by atoms with Crippen molar-refractivity contribution in [1.82, 2.24) is 5.32 Å². The highest BCUT2D eigenvalue weighted by Crippen LogP contribution is 2.31. The summed E-state index contributed by atoms with van der Waals surface area (Å²) in [5, 5.41) is 12.8. The molecule has 0 aromatic heterocycles. The molecule has 0 spiro atoms. The van der Waals surface area contributed by atoms with Gasteiger partial charge in [0.2, 0.25) is 0 Å². The second-order valence-electron chi connectivity index (χ2n) is 5.58. The fraction of sp³-hybridized carbons (Fsp3) is 0.533. The van der Waals surface area contributed by atoms with Crippen molar-refractivity contribution >= 4 is 17.5 Å². The minimum atomic E-state index is -0.537. The molecule has 4 nitrogen and oxygen atoms in total. The zero-order chi connectivity index (χ0) is 14.7. The Morgan fingerprint density at radius 1 is 1.55 bits per heavy atom. The number of hydrogen-bond donors (Lipinski definition) is 2. The Bertz CT molecular complexity index is 490. The van der Waals surface area contributed by atoms with E-state index in [9.17, 15) is 9.90 Å². The third-order valence-electron chi connectivity index (χ3n) is 3.31. The van der Waals surface area contributed by atoms with E-state index in [0.29, 0.717) is 23.1 Å². The maximum absolute atomic E-state index is 12.2. The van der Waals surface area contributed by atoms with Gasteiger partial charge in [0.05, 0.1) is 12.6 Å². The van der Waals surface area contributed by atoms with E-state index >= 15 is 0 Å². The molecule has 2 rings (SSSR count). The maximum atomic E-state index is 12.2. The van der Waals surface area contributed by atoms with Crippen molar-refractivity contribution in [3.05, 3.63) is 28.8 Å². The molecule has 1 aliphatic rings. The maximum Gasteiger partial charge on any atom is 0.261 e. The predicted molar refractivity (Wildman–Crippen MR) is 78.0 cm³/mol. The van der Waals surface area contributed by atoms with Crippen molar-refractivity contribution in [2.45, 2.75) is 38.8 Å². The van der Waals surface area contributed by atoms with Gasteiger partial charge in [0.15, 0.2) is 6.10 Å². The van der Waals surface area contributed by atoms with Crippen LogP contribution in [0.2, 0.25) is 5.02 Å². The number of carbonyl (C=O) groups is 1. The third-order valence-corrected chi connectivity index (χ3v) is 3.55. The SMILES string of the molecule is CC(C)CC(CO)NC(=O)C1Cc2cc(Cl)ccc2O1. The number of rotatable bonds is 5. The Hall–Kier alpha value is -1.26. The first-order valence-corrected chi connectivity index (χ1v) is 7.23. The number of nitrogens with one attached hydrogen (secondary N) is 1. The Balaban J connectivity index is 1.95. The summed E-state index contributed by atoms with van der Waals surface area (Å²) in [7, 11) is 0. The third kappa shape index (κ3) is 3.64. The summed E-state index contributed by atoms with van der Waals surface area (Å²) < 4.78 is 5.62. The van der Waals surface area contributed by atoms with Crippen molar-refractivity contribution in [2.24, 2.45) is 5.92 Å². The van der Waals surface area contributed by atoms with Crippen molar-refractivity contribution in [3.63, 3.8) is 0 Å². The lowest BCUT2D eigenvalue weighted by atomic mass is 10.0. The van der Waals surface area contributed by atoms with Gasteiger partial charge in [0, 0.05) is 11.4 Å². The summed E-state index contributed by atoms with van der Waals surface area (Å²) in [5.41, 5.74) is 0.946. The standard InChI is InChI=1S/C15H20ClNO3/c1-9(2)5-12(8-18)17-15(19)14-7-10-6-11(16)3-4-13(10)20-14/h3-4,6,9,12,14,18H,5,7-8H2,1-2H3,(H,17,19). The van der Waals surface area contributed by atoms with Gasteiger partial charge in [-0.05, 0) is 36.1 Å². The van der Waals surface area contributed by atoms with Crippen LogP contribution < -0.4 is 10.1 Å². The molecule has 2 unspecified atom stereocenters. The predicted octanol–water partition coefficient (Wildman–Crippen LogP) is 2.17. The topological polar surface area (TPSA) is 58.6 Å². The van der Waals surface area contributed by atoms with Crippen LogP contribution in [0, 0.1) is 5.92 Å². The van der Waals surface area contributed by atoms with Crippen LogP contribution >= 0.6 is 11.6 Å². The van der Waals surface area contributed by atoms with Gasteiger partial charge < -0.3 is 15.2 Å². The van der Waals surface area contributed by atoms with Crippen LogP contribution in [0.4, 0.5) is 0 Å². The molecular formula is C15H20ClNO3. The first-order valence-electron chi connectivity index (χ1n) is 6.86. The molecular weight excluding hydrogens is 278 g/mol. The van der Waals surface area contributed by atoms with E-state index in [0.717, 1.165) is 12.0 Å². The van der Waals surface area contributed by atoms with Gasteiger partial charge in [0.1, 0.15) is 5.75 Å². The summed E-state index contributed by atoms with van der Waals surface area (Å²) in [6.45, 7) is 4.05. The van der Waals surface area contributed by atoms with E-state index in [1.807, 2.05) is 6.07 Å². The fourth-order valence-electron chi connectivity index (χ4n) is 2.41. The first kappa shape index (κ1) is 15.1. The Labute approximate surface area is 124 Å². The zero-order valence-corrected chi connectivity index (χ0v) is 12.5. The molecule has 1 aromatic rings. The zero-order valence-electron chi connectivity index (χ0n) is 11.7. The molecule has 1 heterocycles. The normalized spacial score (nSPS) is 18.6. The van der Waals surface area contributed by atoms with Crippen molar-refractivity contribution in [2.75, 3.05) is 6.61 Å². The number of ether oxygens (including phenoxy) is 1. The molecule has 1 aromatic carbocycles. The Morgan fingerprint density at radius 2 is 2.30 bits per heavy atom. The largest absolute Gasteiger partial charge is 0.480 e. The smallest absolute Gasteiger partial charge is 0.261 e. The van der Waals surface area contributed by atoms with Crippen LogP contribution in [-0.4, -0.2) is 29.8 Å². The number of benzene rings is 1. The molecule has 2 N–H and O–H groups in total. The van der Waals surface area contributed by atoms with Crippen LogP contribution in [0.3, 0.4) is 0 Å². The number of hydrogen-bond acceptors (Lipinski definition) is 3. The summed E-state index contributed by atoms with van der Waals surface area (Å²) in [4.78, 5) is 12.2. The van der Waals surface area contributed by atoms with Crippen LogP contribution in [0.25, 0.3) is 0 Å². The van der Waals surface area contributed by atoms with Crippen LogP contribution in [-0.2, 0) is 11.2 Å². The van der Waals surface area contributed by atoms with E-state index in [1.54, 1.807) is 12.1 Å². The summed E-state index contributed by atoms with van der Waals surface area (Å²) in [5.74, 6) is 0.934. The minimum absolute atomic E-state index is 0.0601. The quantitative estimate of drug-likeness (QED) is 0.876. The van der Waals surface area contributed by atoms with E-state index in [2.05, 4.69) is 19.2 Å². The molecule has 5 heteroatoms. The van der Waals surface area contributed by atoms with Gasteiger partial charge in [-0.1, -0.05) is 25.4 Å². The molecule has 1 amide bonds. The van der Waals surface area contributed by atoms with E-state index in [-0.39, 0.29) is 18.6 Å². The molecule has 2 atom stereocenters. The van der Waals surface area contributed by atoms with Gasteiger partial charge in [-0.25, -0.2) is 0 Å². The molecule has 0 saturated carbocycles. The number of fused-ring (bicyclic) bond motifs is 1. The van der Waals surface area contributed by atoms with Crippen molar-refractivity contribution < 1.29 is 14.6 Å². The molecule has 0 bridgehead atoms. The average Bonchev–Trinajstić information content (AvgIpc) is 2.80. The van der Waals surface area contributed by atoms with E-state index in [4.69, 9.17) is 16.3 Å². The molecule has 20 heavy (non-hydrogen) atoms. The Morgan fingerprint density at radius 3 is 2.95 bits per heavy atom. The van der Waals surface area contributed by atoms with Gasteiger partial charge in [-0.3, -0.25) is 4.79 Å². The van der Waals surface area contributed by atoms with E-state index in [1.165, 1.54) is 0 Å². The van der Waals surface area contributed by atoms with E-state index < -0.39 is 6.10 Å². The average molecular weight is 298 g/mol. The number of carbonyl (C=O) groups excluding carboxylic acids is 1. The second kappa shape index (κ2) is 6.46. The lowest BCUT2D eigenvalue weighted by molar-refractivity contribution is -0.128. The van der Waals surface area contributed by atoms with Gasteiger partial charge in [0.25, 0.3) is 5.91 Å². The van der Waals surface area contributed by atoms with Gasteiger partial charge in [-0.2, -0.15) is 0 Å². The number of aliphatic hydroxyl groups excluding tert-OH is 1. The molecule has 110 valence electrons. The molecule has 0 radical (unpaired) electrons. The molecule has 0 aliphatic carbocycles. The summed E-state index contributed by atoms with van der Waals surface area (Å²) in [6, 6.07) is 5.12. The van der Waals surface area contributed by atoms with Gasteiger partial charge in [-0.15, -0.1) is 0 Å². The summed E-state index contributed by atoms with van der Waals surface area (Å²) >= 11 is 5.93. The molecule has 0 fully saturated rings. The lowest BCUT2D eigenvalue weighted by Crippen LogP contribution is -2.45. The molecule has 1 aliphatic heterocycles. The van der Waals surface area contributed by atoms with Crippen molar-refractivity contribution in [1.29, 1.82) is 0 Å². The second-order valence-corrected chi connectivity index (χ2v) is 6.02.